The van der Waals surface area contributed by atoms with Crippen molar-refractivity contribution in [2.45, 2.75) is 26.3 Å². The minimum atomic E-state index is -0.119. The quantitative estimate of drug-likeness (QED) is 0.740. The van der Waals surface area contributed by atoms with E-state index in [1.54, 1.807) is 0 Å². The summed E-state index contributed by atoms with van der Waals surface area (Å²) in [5, 5.41) is 15.1. The Kier molecular flexibility index (Phi) is 4.98. The van der Waals surface area contributed by atoms with E-state index in [-0.39, 0.29) is 25.2 Å². The molecule has 0 fully saturated rings. The lowest BCUT2D eigenvalue weighted by Crippen LogP contribution is -2.27. The molecule has 1 aromatic carbocycles. The summed E-state index contributed by atoms with van der Waals surface area (Å²) in [5.74, 6) is 1.03. The van der Waals surface area contributed by atoms with Gasteiger partial charge in [-0.05, 0) is 43.5 Å². The molecule has 0 spiro atoms. The summed E-state index contributed by atoms with van der Waals surface area (Å²) < 4.78 is 5.34. The number of carbonyl (C=O) groups is 1. The van der Waals surface area contributed by atoms with E-state index in [2.05, 4.69) is 24.5 Å². The van der Waals surface area contributed by atoms with Crippen molar-refractivity contribution in [2.24, 2.45) is 5.92 Å². The van der Waals surface area contributed by atoms with Crippen LogP contribution in [-0.2, 0) is 4.79 Å². The molecule has 3 N–H and O–H groups in total. The van der Waals surface area contributed by atoms with Gasteiger partial charge in [-0.2, -0.15) is 0 Å². The zero-order chi connectivity index (χ0) is 14.5. The summed E-state index contributed by atoms with van der Waals surface area (Å²) in [6.45, 7) is 5.34. The first-order valence-corrected chi connectivity index (χ1v) is 7.01. The van der Waals surface area contributed by atoms with Gasteiger partial charge in [0.05, 0.1) is 5.69 Å². The average Bonchev–Trinajstić information content (AvgIpc) is 2.44. The maximum absolute atomic E-state index is 11.3. The average molecular weight is 278 g/mol. The second kappa shape index (κ2) is 6.72. The summed E-state index contributed by atoms with van der Waals surface area (Å²) in [5.41, 5.74) is 1.83. The van der Waals surface area contributed by atoms with Crippen molar-refractivity contribution in [3.05, 3.63) is 23.8 Å². The van der Waals surface area contributed by atoms with Crippen LogP contribution in [0.1, 0.15) is 31.9 Å². The molecule has 1 heterocycles. The Labute approximate surface area is 119 Å². The Morgan fingerprint density at radius 3 is 3.00 bits per heavy atom. The second-order valence-corrected chi connectivity index (χ2v) is 5.34. The zero-order valence-corrected chi connectivity index (χ0v) is 12.0. The number of ether oxygens (including phenoxy) is 1. The molecule has 1 aromatic rings. The Morgan fingerprint density at radius 2 is 2.25 bits per heavy atom. The van der Waals surface area contributed by atoms with Gasteiger partial charge < -0.3 is 20.5 Å². The van der Waals surface area contributed by atoms with E-state index in [9.17, 15) is 4.79 Å². The molecule has 110 valence electrons. The van der Waals surface area contributed by atoms with Gasteiger partial charge in [0.2, 0.25) is 0 Å². The molecular formula is C15H22N2O3. The maximum Gasteiger partial charge on any atom is 0.262 e. The summed E-state index contributed by atoms with van der Waals surface area (Å²) >= 11 is 0. The fourth-order valence-electron chi connectivity index (χ4n) is 2.19. The van der Waals surface area contributed by atoms with E-state index in [1.165, 1.54) is 0 Å². The molecule has 5 nitrogen and oxygen atoms in total. The second-order valence-electron chi connectivity index (χ2n) is 5.34. The lowest BCUT2D eigenvalue weighted by molar-refractivity contribution is -0.118. The van der Waals surface area contributed by atoms with E-state index >= 15 is 0 Å². The van der Waals surface area contributed by atoms with Crippen molar-refractivity contribution >= 4 is 11.6 Å². The summed E-state index contributed by atoms with van der Waals surface area (Å²) in [6, 6.07) is 6.02. The molecule has 0 saturated carbocycles. The van der Waals surface area contributed by atoms with Crippen LogP contribution in [0, 0.1) is 5.92 Å². The molecule has 20 heavy (non-hydrogen) atoms. The largest absolute Gasteiger partial charge is 0.482 e. The molecule has 0 aromatic heterocycles. The highest BCUT2D eigenvalue weighted by molar-refractivity contribution is 5.95. The topological polar surface area (TPSA) is 70.6 Å². The number of hydrogen-bond donors (Lipinski definition) is 3. The number of amides is 1. The predicted octanol–water partition coefficient (Wildman–Crippen LogP) is 1.69. The fraction of sp³-hybridized carbons (Fsp3) is 0.533. The molecule has 1 amide bonds. The molecule has 0 aliphatic carbocycles. The molecule has 2 unspecified atom stereocenters. The SMILES string of the molecule is CC(CCO)CNC(C)c1ccc2c(c1)NC(=O)CO2. The van der Waals surface area contributed by atoms with Gasteiger partial charge in [-0.15, -0.1) is 0 Å². The van der Waals surface area contributed by atoms with Crippen molar-refractivity contribution in [1.82, 2.24) is 5.32 Å². The van der Waals surface area contributed by atoms with Crippen molar-refractivity contribution in [2.75, 3.05) is 25.1 Å². The molecule has 0 radical (unpaired) electrons. The number of hydrogen-bond acceptors (Lipinski definition) is 4. The number of fused-ring (bicyclic) bond motifs is 1. The standard InChI is InChI=1S/C15H22N2O3/c1-10(5-6-18)8-16-11(2)12-3-4-14-13(7-12)17-15(19)9-20-14/h3-4,7,10-11,16,18H,5-6,8-9H2,1-2H3,(H,17,19). The van der Waals surface area contributed by atoms with Crippen molar-refractivity contribution in [3.63, 3.8) is 0 Å². The van der Waals surface area contributed by atoms with Crippen LogP contribution in [0.2, 0.25) is 0 Å². The number of carbonyl (C=O) groups excluding carboxylic acids is 1. The molecule has 0 saturated heterocycles. The van der Waals surface area contributed by atoms with E-state index in [0.29, 0.717) is 11.7 Å². The summed E-state index contributed by atoms with van der Waals surface area (Å²) in [6.07, 6.45) is 0.799. The van der Waals surface area contributed by atoms with Crippen LogP contribution < -0.4 is 15.4 Å². The van der Waals surface area contributed by atoms with Crippen LogP contribution in [0.5, 0.6) is 5.75 Å². The monoisotopic (exact) mass is 278 g/mol. The molecular weight excluding hydrogens is 256 g/mol. The minimum Gasteiger partial charge on any atom is -0.482 e. The number of nitrogens with one attached hydrogen (secondary N) is 2. The van der Waals surface area contributed by atoms with Crippen LogP contribution in [0.15, 0.2) is 18.2 Å². The van der Waals surface area contributed by atoms with Gasteiger partial charge in [0.1, 0.15) is 5.75 Å². The first kappa shape index (κ1) is 14.8. The lowest BCUT2D eigenvalue weighted by atomic mass is 10.0. The number of anilines is 1. The van der Waals surface area contributed by atoms with Crippen LogP contribution in [0.4, 0.5) is 5.69 Å². The number of aliphatic hydroxyl groups excluding tert-OH is 1. The van der Waals surface area contributed by atoms with Gasteiger partial charge in [0, 0.05) is 12.6 Å². The fourth-order valence-corrected chi connectivity index (χ4v) is 2.19. The third-order valence-corrected chi connectivity index (χ3v) is 3.53. The van der Waals surface area contributed by atoms with Gasteiger partial charge in [-0.25, -0.2) is 0 Å². The van der Waals surface area contributed by atoms with Crippen molar-refractivity contribution in [1.29, 1.82) is 0 Å². The van der Waals surface area contributed by atoms with Gasteiger partial charge in [0.15, 0.2) is 6.61 Å². The van der Waals surface area contributed by atoms with E-state index < -0.39 is 0 Å². The van der Waals surface area contributed by atoms with E-state index in [1.807, 2.05) is 18.2 Å². The summed E-state index contributed by atoms with van der Waals surface area (Å²) in [4.78, 5) is 11.3. The van der Waals surface area contributed by atoms with Crippen LogP contribution in [-0.4, -0.2) is 30.8 Å². The Morgan fingerprint density at radius 1 is 1.45 bits per heavy atom. The van der Waals surface area contributed by atoms with Crippen molar-refractivity contribution in [3.8, 4) is 5.75 Å². The predicted molar refractivity (Wildman–Crippen MR) is 77.9 cm³/mol. The molecule has 0 bridgehead atoms. The minimum absolute atomic E-state index is 0.0822. The third kappa shape index (κ3) is 3.71. The maximum atomic E-state index is 11.3. The smallest absolute Gasteiger partial charge is 0.262 e. The Hall–Kier alpha value is -1.59. The summed E-state index contributed by atoms with van der Waals surface area (Å²) in [7, 11) is 0. The normalized spacial score (nSPS) is 16.9. The van der Waals surface area contributed by atoms with Gasteiger partial charge in [0.25, 0.3) is 5.91 Å². The first-order chi connectivity index (χ1) is 9.60. The molecule has 5 heteroatoms. The Bertz CT molecular complexity index is 476. The molecule has 1 aliphatic heterocycles. The van der Waals surface area contributed by atoms with Crippen molar-refractivity contribution < 1.29 is 14.6 Å². The lowest BCUT2D eigenvalue weighted by Gasteiger charge is -2.22. The van der Waals surface area contributed by atoms with Gasteiger partial charge in [-0.1, -0.05) is 13.0 Å². The van der Waals surface area contributed by atoms with E-state index in [4.69, 9.17) is 9.84 Å². The third-order valence-electron chi connectivity index (χ3n) is 3.53. The zero-order valence-electron chi connectivity index (χ0n) is 12.0. The number of aliphatic hydroxyl groups is 1. The first-order valence-electron chi connectivity index (χ1n) is 7.01. The molecule has 2 rings (SSSR count). The van der Waals surface area contributed by atoms with Crippen LogP contribution in [0.25, 0.3) is 0 Å². The van der Waals surface area contributed by atoms with E-state index in [0.717, 1.165) is 24.2 Å². The number of benzene rings is 1. The highest BCUT2D eigenvalue weighted by Gasteiger charge is 2.17. The van der Waals surface area contributed by atoms with Gasteiger partial charge >= 0.3 is 0 Å². The number of rotatable bonds is 6. The Balaban J connectivity index is 1.98. The van der Waals surface area contributed by atoms with Crippen LogP contribution >= 0.6 is 0 Å². The van der Waals surface area contributed by atoms with Crippen LogP contribution in [0.3, 0.4) is 0 Å². The van der Waals surface area contributed by atoms with Gasteiger partial charge in [-0.3, -0.25) is 4.79 Å². The highest BCUT2D eigenvalue weighted by atomic mass is 16.5. The highest BCUT2D eigenvalue weighted by Crippen LogP contribution is 2.30. The molecule has 2 atom stereocenters. The molecule has 1 aliphatic rings.